The summed E-state index contributed by atoms with van der Waals surface area (Å²) in [5.41, 5.74) is 2.59. The van der Waals surface area contributed by atoms with Gasteiger partial charge in [-0.1, -0.05) is 53.2 Å². The Morgan fingerprint density at radius 1 is 1.00 bits per heavy atom. The summed E-state index contributed by atoms with van der Waals surface area (Å²) in [4.78, 5) is 1.19. The van der Waals surface area contributed by atoms with Crippen LogP contribution < -0.4 is 0 Å². The van der Waals surface area contributed by atoms with E-state index in [4.69, 9.17) is 4.28 Å². The first-order chi connectivity index (χ1) is 12.5. The van der Waals surface area contributed by atoms with Gasteiger partial charge in [-0.05, 0) is 42.8 Å². The average Bonchev–Trinajstić information content (AvgIpc) is 2.96. The molecule has 0 saturated heterocycles. The largest absolute Gasteiger partial charge is 0.358 e. The van der Waals surface area contributed by atoms with Crippen molar-refractivity contribution in [2.24, 2.45) is 5.16 Å². The smallest absolute Gasteiger partial charge is 0.264 e. The molecule has 1 aliphatic heterocycles. The van der Waals surface area contributed by atoms with E-state index in [1.54, 1.807) is 23.9 Å². The fraction of sp³-hybridized carbons (Fsp3) is 0.150. The molecule has 0 amide bonds. The van der Waals surface area contributed by atoms with E-state index in [1.807, 2.05) is 38.1 Å². The predicted octanol–water partition coefficient (Wildman–Crippen LogP) is 4.75. The van der Waals surface area contributed by atoms with E-state index < -0.39 is 10.1 Å². The first-order valence-corrected chi connectivity index (χ1v) is 10.5. The highest BCUT2D eigenvalue weighted by Gasteiger charge is 2.29. The van der Waals surface area contributed by atoms with Gasteiger partial charge in [0.15, 0.2) is 0 Å². The molecule has 3 aromatic rings. The summed E-state index contributed by atoms with van der Waals surface area (Å²) in [5.74, 6) is 0. The van der Waals surface area contributed by atoms with E-state index in [-0.39, 0.29) is 10.1 Å². The molecule has 0 aliphatic carbocycles. The Bertz CT molecular complexity index is 1120. The Hall–Kier alpha value is -2.31. The van der Waals surface area contributed by atoms with Crippen molar-refractivity contribution in [2.75, 3.05) is 0 Å². The third kappa shape index (κ3) is 2.99. The fourth-order valence-corrected chi connectivity index (χ4v) is 4.89. The highest BCUT2D eigenvalue weighted by Crippen LogP contribution is 2.41. The van der Waals surface area contributed by atoms with Crippen LogP contribution in [0, 0.1) is 6.92 Å². The van der Waals surface area contributed by atoms with Crippen molar-refractivity contribution in [3.8, 4) is 0 Å². The number of oxime groups is 1. The number of hydrogen-bond donors (Lipinski definition) is 0. The molecule has 4 nitrogen and oxygen atoms in total. The summed E-state index contributed by atoms with van der Waals surface area (Å²) < 4.78 is 30.0. The van der Waals surface area contributed by atoms with Crippen molar-refractivity contribution in [2.45, 2.75) is 28.9 Å². The maximum Gasteiger partial charge on any atom is 0.358 e. The molecule has 0 radical (unpaired) electrons. The van der Waals surface area contributed by atoms with Gasteiger partial charge in [0, 0.05) is 10.5 Å². The molecule has 1 unspecified atom stereocenters. The normalized spacial score (nSPS) is 18.2. The Morgan fingerprint density at radius 2 is 1.73 bits per heavy atom. The third-order valence-electron chi connectivity index (χ3n) is 4.38. The highest BCUT2D eigenvalue weighted by atomic mass is 32.2. The van der Waals surface area contributed by atoms with Gasteiger partial charge in [-0.3, -0.25) is 4.28 Å². The predicted molar refractivity (Wildman–Crippen MR) is 105 cm³/mol. The van der Waals surface area contributed by atoms with Crippen molar-refractivity contribution in [3.05, 3.63) is 71.8 Å². The van der Waals surface area contributed by atoms with Gasteiger partial charge in [0.05, 0.1) is 5.25 Å². The van der Waals surface area contributed by atoms with Crippen LogP contribution in [-0.2, 0) is 14.4 Å². The molecule has 4 rings (SSSR count). The second-order valence-electron chi connectivity index (χ2n) is 6.24. The number of thioether (sulfide) groups is 1. The van der Waals surface area contributed by atoms with Crippen LogP contribution in [-0.4, -0.2) is 19.4 Å². The van der Waals surface area contributed by atoms with Crippen LogP contribution in [0.3, 0.4) is 0 Å². The number of nitrogens with zero attached hydrogens (tertiary/aromatic N) is 1. The zero-order valence-corrected chi connectivity index (χ0v) is 16.0. The van der Waals surface area contributed by atoms with E-state index in [0.717, 1.165) is 26.8 Å². The summed E-state index contributed by atoms with van der Waals surface area (Å²) in [5, 5.41) is 6.24. The summed E-state index contributed by atoms with van der Waals surface area (Å²) in [7, 11) is -3.94. The van der Waals surface area contributed by atoms with Crippen molar-refractivity contribution < 1.29 is 12.7 Å². The molecule has 1 heterocycles. The van der Waals surface area contributed by atoms with Crippen LogP contribution >= 0.6 is 11.8 Å². The molecule has 0 saturated carbocycles. The Morgan fingerprint density at radius 3 is 2.50 bits per heavy atom. The van der Waals surface area contributed by atoms with Gasteiger partial charge in [-0.2, -0.15) is 8.42 Å². The van der Waals surface area contributed by atoms with E-state index in [9.17, 15) is 8.42 Å². The molecule has 0 bridgehead atoms. The van der Waals surface area contributed by atoms with Crippen molar-refractivity contribution in [1.82, 2.24) is 0 Å². The zero-order valence-electron chi connectivity index (χ0n) is 14.3. The molecule has 3 aromatic carbocycles. The Kier molecular flexibility index (Phi) is 4.25. The molecule has 0 N–H and O–H groups in total. The van der Waals surface area contributed by atoms with E-state index in [1.165, 1.54) is 12.1 Å². The molecule has 0 aromatic heterocycles. The van der Waals surface area contributed by atoms with Gasteiger partial charge < -0.3 is 0 Å². The highest BCUT2D eigenvalue weighted by molar-refractivity contribution is 8.01. The molecule has 6 heteroatoms. The lowest BCUT2D eigenvalue weighted by molar-refractivity contribution is 0.338. The number of benzene rings is 3. The summed E-state index contributed by atoms with van der Waals surface area (Å²) in [6, 6.07) is 18.7. The molecular formula is C20H17NO3S2. The minimum absolute atomic E-state index is 0.0176. The lowest BCUT2D eigenvalue weighted by atomic mass is 10.00. The van der Waals surface area contributed by atoms with Crippen LogP contribution in [0.2, 0.25) is 0 Å². The fourth-order valence-electron chi connectivity index (χ4n) is 3.02. The number of hydrogen-bond acceptors (Lipinski definition) is 5. The quantitative estimate of drug-likeness (QED) is 0.612. The first kappa shape index (κ1) is 17.1. The molecule has 1 atom stereocenters. The van der Waals surface area contributed by atoms with Crippen LogP contribution in [0.5, 0.6) is 0 Å². The van der Waals surface area contributed by atoms with Gasteiger partial charge >= 0.3 is 10.1 Å². The number of aryl methyl sites for hydroxylation is 1. The second-order valence-corrected chi connectivity index (χ2v) is 9.15. The van der Waals surface area contributed by atoms with Crippen LogP contribution in [0.15, 0.2) is 75.6 Å². The minimum atomic E-state index is -3.94. The van der Waals surface area contributed by atoms with Gasteiger partial charge in [0.1, 0.15) is 10.6 Å². The van der Waals surface area contributed by atoms with Gasteiger partial charge in [-0.25, -0.2) is 0 Å². The average molecular weight is 383 g/mol. The monoisotopic (exact) mass is 383 g/mol. The summed E-state index contributed by atoms with van der Waals surface area (Å²) in [6.07, 6.45) is 0. The molecule has 26 heavy (non-hydrogen) atoms. The van der Waals surface area contributed by atoms with E-state index >= 15 is 0 Å². The molecule has 0 spiro atoms. The Labute approximate surface area is 157 Å². The van der Waals surface area contributed by atoms with Gasteiger partial charge in [0.25, 0.3) is 0 Å². The van der Waals surface area contributed by atoms with Gasteiger partial charge in [-0.15, -0.1) is 11.8 Å². The molecule has 132 valence electrons. The maximum atomic E-state index is 12.4. The van der Waals surface area contributed by atoms with Crippen molar-refractivity contribution >= 4 is 38.4 Å². The third-order valence-corrected chi connectivity index (χ3v) is 6.67. The maximum absolute atomic E-state index is 12.4. The standard InChI is InChI=1S/C20H17NO3S2/c1-13-7-10-16(11-8-13)26(22,23)24-21-20-14(2)25-18-12-9-15-5-3-4-6-17(15)19(18)20/h3-12,14H,1-2H3/b21-20+. The minimum Gasteiger partial charge on any atom is -0.264 e. The molecule has 1 aliphatic rings. The van der Waals surface area contributed by atoms with E-state index in [0.29, 0.717) is 5.71 Å². The van der Waals surface area contributed by atoms with Crippen LogP contribution in [0.4, 0.5) is 0 Å². The lowest BCUT2D eigenvalue weighted by Gasteiger charge is -2.07. The van der Waals surface area contributed by atoms with E-state index in [2.05, 4.69) is 17.3 Å². The zero-order chi connectivity index (χ0) is 18.3. The summed E-state index contributed by atoms with van der Waals surface area (Å²) in [6.45, 7) is 3.90. The SMILES string of the molecule is Cc1ccc(S(=O)(=O)O/N=C2/c3c(ccc4ccccc34)SC2C)cc1. The van der Waals surface area contributed by atoms with Crippen molar-refractivity contribution in [3.63, 3.8) is 0 Å². The Balaban J connectivity index is 1.75. The summed E-state index contributed by atoms with van der Waals surface area (Å²) >= 11 is 1.66. The topological polar surface area (TPSA) is 55.7 Å². The lowest BCUT2D eigenvalue weighted by Crippen LogP contribution is -2.12. The van der Waals surface area contributed by atoms with Gasteiger partial charge in [0.2, 0.25) is 0 Å². The molecular weight excluding hydrogens is 366 g/mol. The molecule has 0 fully saturated rings. The first-order valence-electron chi connectivity index (χ1n) is 8.23. The number of rotatable bonds is 3. The van der Waals surface area contributed by atoms with Crippen molar-refractivity contribution in [1.29, 1.82) is 0 Å². The van der Waals surface area contributed by atoms with Crippen LogP contribution in [0.1, 0.15) is 18.1 Å². The van der Waals surface area contributed by atoms with Crippen LogP contribution in [0.25, 0.3) is 10.8 Å². The second kappa shape index (κ2) is 6.45. The number of fused-ring (bicyclic) bond motifs is 3.